The van der Waals surface area contributed by atoms with E-state index in [0.29, 0.717) is 16.9 Å². The van der Waals surface area contributed by atoms with E-state index in [9.17, 15) is 19.2 Å². The van der Waals surface area contributed by atoms with Crippen LogP contribution in [0.15, 0.2) is 82.3 Å². The number of methoxy groups -OCH3 is 1. The Morgan fingerprint density at radius 3 is 2.34 bits per heavy atom. The topological polar surface area (TPSA) is 127 Å². The summed E-state index contributed by atoms with van der Waals surface area (Å²) >= 11 is 2.25. The molecule has 2 aromatic carbocycles. The first-order valence-electron chi connectivity index (χ1n) is 11.3. The van der Waals surface area contributed by atoms with Crippen molar-refractivity contribution in [1.29, 1.82) is 0 Å². The number of furan rings is 1. The molecule has 0 saturated heterocycles. The van der Waals surface area contributed by atoms with Crippen LogP contribution in [0.25, 0.3) is 0 Å². The molecule has 0 aliphatic heterocycles. The van der Waals surface area contributed by atoms with Gasteiger partial charge in [-0.3, -0.25) is 14.4 Å². The van der Waals surface area contributed by atoms with Crippen molar-refractivity contribution in [3.05, 3.63) is 94.8 Å². The average Bonchev–Trinajstić information content (AvgIpc) is 3.56. The molecule has 0 fully saturated rings. The van der Waals surface area contributed by atoms with E-state index in [1.54, 1.807) is 61.5 Å². The molecule has 0 saturated carbocycles. The van der Waals surface area contributed by atoms with Gasteiger partial charge in [0, 0.05) is 16.3 Å². The second kappa shape index (κ2) is 12.3. The van der Waals surface area contributed by atoms with Crippen molar-refractivity contribution in [3.63, 3.8) is 0 Å². The summed E-state index contributed by atoms with van der Waals surface area (Å²) in [4.78, 5) is 51.4. The Kier molecular flexibility index (Phi) is 8.62. The van der Waals surface area contributed by atoms with Crippen LogP contribution in [0.5, 0.6) is 0 Å². The fourth-order valence-corrected chi connectivity index (χ4v) is 5.31. The quantitative estimate of drug-likeness (QED) is 0.181. The smallest absolute Gasteiger partial charge is 0.341 e. The molecule has 0 atom stereocenters. The van der Waals surface area contributed by atoms with Gasteiger partial charge in [-0.05, 0) is 55.0 Å². The number of thiophene rings is 1. The van der Waals surface area contributed by atoms with Crippen LogP contribution < -0.4 is 16.0 Å². The van der Waals surface area contributed by atoms with E-state index in [-0.39, 0.29) is 38.8 Å². The zero-order valence-corrected chi connectivity index (χ0v) is 22.0. The van der Waals surface area contributed by atoms with Gasteiger partial charge in [0.15, 0.2) is 5.76 Å². The molecule has 3 N–H and O–H groups in total. The molecule has 0 bridgehead atoms. The van der Waals surface area contributed by atoms with E-state index < -0.39 is 11.9 Å². The van der Waals surface area contributed by atoms with Crippen LogP contribution in [0.1, 0.15) is 36.1 Å². The molecule has 3 amide bonds. The molecule has 9 nitrogen and oxygen atoms in total. The summed E-state index contributed by atoms with van der Waals surface area (Å²) in [5.41, 5.74) is 1.71. The summed E-state index contributed by atoms with van der Waals surface area (Å²) in [5.74, 6) is -1.59. The van der Waals surface area contributed by atoms with Crippen molar-refractivity contribution in [2.24, 2.45) is 0 Å². The van der Waals surface area contributed by atoms with Gasteiger partial charge in [-0.25, -0.2) is 4.79 Å². The number of ether oxygens (including phenoxy) is 1. The third-order valence-electron chi connectivity index (χ3n) is 5.23. The Bertz CT molecular complexity index is 1470. The molecule has 0 spiro atoms. The fraction of sp³-hybridized carbons (Fsp3) is 0.111. The molecule has 4 rings (SSSR count). The Morgan fingerprint density at radius 2 is 1.63 bits per heavy atom. The van der Waals surface area contributed by atoms with Gasteiger partial charge in [0.05, 0.1) is 29.6 Å². The number of rotatable bonds is 9. The van der Waals surface area contributed by atoms with Crippen molar-refractivity contribution in [2.75, 3.05) is 28.8 Å². The lowest BCUT2D eigenvalue weighted by Crippen LogP contribution is -2.16. The third-order valence-corrected chi connectivity index (χ3v) is 7.43. The molecule has 2 aromatic heterocycles. The maximum Gasteiger partial charge on any atom is 0.341 e. The molecule has 11 heteroatoms. The number of hydrogen-bond acceptors (Lipinski definition) is 8. The minimum absolute atomic E-state index is 0.0265. The maximum atomic E-state index is 12.9. The van der Waals surface area contributed by atoms with Crippen molar-refractivity contribution in [2.45, 2.75) is 11.8 Å². The van der Waals surface area contributed by atoms with Crippen LogP contribution in [0.3, 0.4) is 0 Å². The van der Waals surface area contributed by atoms with Gasteiger partial charge in [-0.2, -0.15) is 0 Å². The first-order chi connectivity index (χ1) is 18.4. The highest BCUT2D eigenvalue weighted by Crippen LogP contribution is 2.34. The highest BCUT2D eigenvalue weighted by atomic mass is 32.2. The maximum absolute atomic E-state index is 12.9. The predicted octanol–water partition coefficient (Wildman–Crippen LogP) is 5.67. The molecule has 194 valence electrons. The summed E-state index contributed by atoms with van der Waals surface area (Å²) < 4.78 is 9.99. The van der Waals surface area contributed by atoms with E-state index >= 15 is 0 Å². The zero-order valence-electron chi connectivity index (χ0n) is 20.4. The summed E-state index contributed by atoms with van der Waals surface area (Å²) in [5, 5.41) is 8.50. The molecular formula is C27H23N3O6S2. The lowest BCUT2D eigenvalue weighted by Gasteiger charge is -2.08. The van der Waals surface area contributed by atoms with Crippen LogP contribution in [0, 0.1) is 6.92 Å². The van der Waals surface area contributed by atoms with Crippen molar-refractivity contribution < 1.29 is 28.3 Å². The van der Waals surface area contributed by atoms with E-state index in [1.165, 1.54) is 25.1 Å². The first kappa shape index (κ1) is 26.7. The minimum Gasteiger partial charge on any atom is -0.465 e. The molecular weight excluding hydrogens is 526 g/mol. The Balaban J connectivity index is 1.43. The minimum atomic E-state index is -0.652. The van der Waals surface area contributed by atoms with Crippen molar-refractivity contribution in [1.82, 2.24) is 0 Å². The number of thioether (sulfide) groups is 1. The van der Waals surface area contributed by atoms with Gasteiger partial charge in [0.25, 0.3) is 11.8 Å². The number of benzene rings is 2. The highest BCUT2D eigenvalue weighted by Gasteiger charge is 2.26. The average molecular weight is 550 g/mol. The van der Waals surface area contributed by atoms with Crippen LogP contribution in [-0.2, 0) is 9.53 Å². The largest absolute Gasteiger partial charge is 0.465 e. The summed E-state index contributed by atoms with van der Waals surface area (Å²) in [7, 11) is 1.24. The van der Waals surface area contributed by atoms with Gasteiger partial charge < -0.3 is 25.1 Å². The van der Waals surface area contributed by atoms with E-state index in [2.05, 4.69) is 16.0 Å². The molecule has 0 aliphatic carbocycles. The molecule has 0 unspecified atom stereocenters. The Morgan fingerprint density at radius 1 is 0.895 bits per heavy atom. The fourth-order valence-electron chi connectivity index (χ4n) is 3.45. The number of carbonyl (C=O) groups is 4. The molecule has 0 radical (unpaired) electrons. The number of para-hydroxylation sites is 1. The van der Waals surface area contributed by atoms with Gasteiger partial charge in [0.2, 0.25) is 5.91 Å². The normalized spacial score (nSPS) is 10.5. The molecule has 4 aromatic rings. The van der Waals surface area contributed by atoms with Crippen LogP contribution in [0.2, 0.25) is 0 Å². The van der Waals surface area contributed by atoms with Crippen LogP contribution in [-0.4, -0.2) is 36.6 Å². The molecule has 2 heterocycles. The number of esters is 1. The highest BCUT2D eigenvalue weighted by molar-refractivity contribution is 8.00. The zero-order chi connectivity index (χ0) is 27.1. The van der Waals surface area contributed by atoms with Gasteiger partial charge >= 0.3 is 5.97 Å². The third kappa shape index (κ3) is 6.50. The standard InChI is InChI=1S/C27H23N3O6S2/c1-16-22(27(34)35-2)26(38-23(16)25(33)28-17-8-4-3-5-9-17)30-21(31)15-37-19-11-6-10-18(14-19)29-24(32)20-12-7-13-36-20/h3-14H,15H2,1-2H3,(H,28,33)(H,29,32)(H,30,31). The number of carbonyl (C=O) groups excluding carboxylic acids is 4. The summed E-state index contributed by atoms with van der Waals surface area (Å²) in [6, 6.07) is 19.1. The van der Waals surface area contributed by atoms with Gasteiger partial charge in [0.1, 0.15) is 5.00 Å². The molecule has 38 heavy (non-hydrogen) atoms. The summed E-state index contributed by atoms with van der Waals surface area (Å²) in [6.45, 7) is 1.63. The lowest BCUT2D eigenvalue weighted by atomic mass is 10.1. The Hall–Kier alpha value is -4.35. The lowest BCUT2D eigenvalue weighted by molar-refractivity contribution is -0.113. The van der Waals surface area contributed by atoms with Crippen LogP contribution >= 0.6 is 23.1 Å². The second-order valence-corrected chi connectivity index (χ2v) is 9.94. The van der Waals surface area contributed by atoms with E-state index in [4.69, 9.17) is 9.15 Å². The first-order valence-corrected chi connectivity index (χ1v) is 13.1. The second-order valence-electron chi connectivity index (χ2n) is 7.87. The number of hydrogen-bond donors (Lipinski definition) is 3. The monoisotopic (exact) mass is 549 g/mol. The summed E-state index contributed by atoms with van der Waals surface area (Å²) in [6.07, 6.45) is 1.42. The predicted molar refractivity (Wildman–Crippen MR) is 147 cm³/mol. The molecule has 0 aliphatic rings. The van der Waals surface area contributed by atoms with Gasteiger partial charge in [-0.1, -0.05) is 24.3 Å². The van der Waals surface area contributed by atoms with E-state index in [1.807, 2.05) is 12.1 Å². The number of nitrogens with one attached hydrogen (secondary N) is 3. The number of amides is 3. The van der Waals surface area contributed by atoms with Gasteiger partial charge in [-0.15, -0.1) is 23.1 Å². The van der Waals surface area contributed by atoms with E-state index in [0.717, 1.165) is 16.2 Å². The number of anilines is 3. The van der Waals surface area contributed by atoms with Crippen molar-refractivity contribution in [3.8, 4) is 0 Å². The Labute approximate surface area is 226 Å². The van der Waals surface area contributed by atoms with Crippen molar-refractivity contribution >= 4 is 63.2 Å². The SMILES string of the molecule is COC(=O)c1c(NC(=O)CSc2cccc(NC(=O)c3ccco3)c2)sc(C(=O)Nc2ccccc2)c1C. The van der Waals surface area contributed by atoms with Crippen LogP contribution in [0.4, 0.5) is 16.4 Å².